The van der Waals surface area contributed by atoms with Crippen molar-refractivity contribution in [3.8, 4) is 0 Å². The van der Waals surface area contributed by atoms with E-state index in [-0.39, 0.29) is 18.1 Å². The summed E-state index contributed by atoms with van der Waals surface area (Å²) in [5, 5.41) is 12.0. The fourth-order valence-corrected chi connectivity index (χ4v) is 1.81. The van der Waals surface area contributed by atoms with Gasteiger partial charge in [0.15, 0.2) is 0 Å². The first kappa shape index (κ1) is 11.1. The molecule has 0 radical (unpaired) electrons. The normalized spacial score (nSPS) is 23.6. The lowest BCUT2D eigenvalue weighted by Crippen LogP contribution is -2.46. The van der Waals surface area contributed by atoms with Gasteiger partial charge in [0.2, 0.25) is 5.91 Å². The molecule has 0 bridgehead atoms. The zero-order chi connectivity index (χ0) is 11.4. The molecule has 1 aromatic heterocycles. The molecule has 0 spiro atoms. The van der Waals surface area contributed by atoms with E-state index in [0.717, 1.165) is 12.0 Å². The second-order valence-electron chi connectivity index (χ2n) is 4.25. The van der Waals surface area contributed by atoms with Gasteiger partial charge < -0.3 is 10.4 Å². The molecular formula is C12H16N2O2. The Kier molecular flexibility index (Phi) is 3.51. The van der Waals surface area contributed by atoms with Crippen LogP contribution >= 0.6 is 0 Å². The van der Waals surface area contributed by atoms with Crippen molar-refractivity contribution in [2.45, 2.75) is 37.8 Å². The molecule has 1 aromatic rings. The number of aryl methyl sites for hydroxylation is 1. The third-order valence-electron chi connectivity index (χ3n) is 2.84. The van der Waals surface area contributed by atoms with Crippen molar-refractivity contribution >= 4 is 5.91 Å². The molecule has 4 nitrogen and oxygen atoms in total. The standard InChI is InChI=1S/C12H16N2O2/c15-11-6-10(7-11)14-12(16)4-3-9-2-1-5-13-8-9/h1-2,5,8,10-11,15H,3-4,6-7H2,(H,14,16). The average Bonchev–Trinajstić information content (AvgIpc) is 2.26. The van der Waals surface area contributed by atoms with Gasteiger partial charge in [-0.25, -0.2) is 0 Å². The van der Waals surface area contributed by atoms with Gasteiger partial charge in [0, 0.05) is 24.9 Å². The summed E-state index contributed by atoms with van der Waals surface area (Å²) in [6, 6.07) is 4.01. The average molecular weight is 220 g/mol. The number of carbonyl (C=O) groups is 1. The molecule has 1 fully saturated rings. The molecule has 1 amide bonds. The third kappa shape index (κ3) is 3.03. The highest BCUT2D eigenvalue weighted by Gasteiger charge is 2.27. The minimum Gasteiger partial charge on any atom is -0.393 e. The van der Waals surface area contributed by atoms with E-state index >= 15 is 0 Å². The molecule has 2 rings (SSSR count). The van der Waals surface area contributed by atoms with Crippen LogP contribution in [0.15, 0.2) is 24.5 Å². The molecule has 86 valence electrons. The molecule has 0 unspecified atom stereocenters. The summed E-state index contributed by atoms with van der Waals surface area (Å²) in [4.78, 5) is 15.5. The van der Waals surface area contributed by atoms with Crippen molar-refractivity contribution in [2.75, 3.05) is 0 Å². The van der Waals surface area contributed by atoms with Gasteiger partial charge in [-0.05, 0) is 30.9 Å². The minimum absolute atomic E-state index is 0.0563. The molecule has 4 heteroatoms. The number of aromatic nitrogens is 1. The summed E-state index contributed by atoms with van der Waals surface area (Å²) in [6.07, 6.45) is 5.87. The van der Waals surface area contributed by atoms with Crippen molar-refractivity contribution in [1.29, 1.82) is 0 Å². The number of rotatable bonds is 4. The zero-order valence-electron chi connectivity index (χ0n) is 9.10. The maximum Gasteiger partial charge on any atom is 0.220 e. The summed E-state index contributed by atoms with van der Waals surface area (Å²) < 4.78 is 0. The molecule has 16 heavy (non-hydrogen) atoms. The lowest BCUT2D eigenvalue weighted by molar-refractivity contribution is -0.123. The summed E-state index contributed by atoms with van der Waals surface area (Å²) >= 11 is 0. The number of carbonyl (C=O) groups excluding carboxylic acids is 1. The Morgan fingerprint density at radius 3 is 3.00 bits per heavy atom. The summed E-state index contributed by atoms with van der Waals surface area (Å²) in [5.41, 5.74) is 1.08. The lowest BCUT2D eigenvalue weighted by Gasteiger charge is -2.31. The van der Waals surface area contributed by atoms with Gasteiger partial charge in [-0.1, -0.05) is 6.07 Å². The Labute approximate surface area is 94.7 Å². The van der Waals surface area contributed by atoms with Crippen LogP contribution in [-0.2, 0) is 11.2 Å². The Balaban J connectivity index is 1.68. The van der Waals surface area contributed by atoms with Crippen LogP contribution in [0.25, 0.3) is 0 Å². The SMILES string of the molecule is O=C(CCc1cccnc1)NC1CC(O)C1. The van der Waals surface area contributed by atoms with Crippen LogP contribution in [0.4, 0.5) is 0 Å². The van der Waals surface area contributed by atoms with Gasteiger partial charge in [-0.2, -0.15) is 0 Å². The highest BCUT2D eigenvalue weighted by molar-refractivity contribution is 5.76. The van der Waals surface area contributed by atoms with Crippen LogP contribution < -0.4 is 5.32 Å². The quantitative estimate of drug-likeness (QED) is 0.783. The maximum absolute atomic E-state index is 11.5. The fourth-order valence-electron chi connectivity index (χ4n) is 1.81. The van der Waals surface area contributed by atoms with Gasteiger partial charge in [0.05, 0.1) is 6.10 Å². The number of aliphatic hydroxyl groups excluding tert-OH is 1. The topological polar surface area (TPSA) is 62.2 Å². The van der Waals surface area contributed by atoms with Gasteiger partial charge in [0.1, 0.15) is 0 Å². The number of nitrogens with one attached hydrogen (secondary N) is 1. The zero-order valence-corrected chi connectivity index (χ0v) is 9.10. The van der Waals surface area contributed by atoms with Crippen LogP contribution in [0.3, 0.4) is 0 Å². The molecule has 0 atom stereocenters. The van der Waals surface area contributed by atoms with Gasteiger partial charge >= 0.3 is 0 Å². The second kappa shape index (κ2) is 5.07. The van der Waals surface area contributed by atoms with Crippen molar-refractivity contribution in [3.63, 3.8) is 0 Å². The van der Waals surface area contributed by atoms with Gasteiger partial charge in [0.25, 0.3) is 0 Å². The lowest BCUT2D eigenvalue weighted by atomic mass is 9.89. The third-order valence-corrected chi connectivity index (χ3v) is 2.84. The number of aliphatic hydroxyl groups is 1. The van der Waals surface area contributed by atoms with E-state index in [0.29, 0.717) is 19.3 Å². The number of hydrogen-bond donors (Lipinski definition) is 2. The molecule has 1 heterocycles. The highest BCUT2D eigenvalue weighted by Crippen LogP contribution is 2.19. The van der Waals surface area contributed by atoms with Crippen molar-refractivity contribution in [1.82, 2.24) is 10.3 Å². The Morgan fingerprint density at radius 1 is 1.56 bits per heavy atom. The predicted octanol–water partition coefficient (Wildman–Crippen LogP) is 0.654. The number of amides is 1. The molecule has 0 aromatic carbocycles. The van der Waals surface area contributed by atoms with Crippen molar-refractivity contribution in [2.24, 2.45) is 0 Å². The molecule has 0 saturated heterocycles. The van der Waals surface area contributed by atoms with E-state index in [1.165, 1.54) is 0 Å². The Bertz CT molecular complexity index is 347. The van der Waals surface area contributed by atoms with E-state index in [2.05, 4.69) is 10.3 Å². The molecular weight excluding hydrogens is 204 g/mol. The summed E-state index contributed by atoms with van der Waals surface area (Å²) in [7, 11) is 0. The number of pyridine rings is 1. The monoisotopic (exact) mass is 220 g/mol. The van der Waals surface area contributed by atoms with Crippen LogP contribution in [0, 0.1) is 0 Å². The largest absolute Gasteiger partial charge is 0.393 e. The fraction of sp³-hybridized carbons (Fsp3) is 0.500. The van der Waals surface area contributed by atoms with Crippen molar-refractivity contribution in [3.05, 3.63) is 30.1 Å². The first-order valence-corrected chi connectivity index (χ1v) is 5.60. The second-order valence-corrected chi connectivity index (χ2v) is 4.25. The van der Waals surface area contributed by atoms with E-state index < -0.39 is 0 Å². The maximum atomic E-state index is 11.5. The smallest absolute Gasteiger partial charge is 0.220 e. The molecule has 1 saturated carbocycles. The van der Waals surface area contributed by atoms with E-state index in [1.54, 1.807) is 12.4 Å². The molecule has 0 aliphatic heterocycles. The van der Waals surface area contributed by atoms with Crippen LogP contribution in [0.2, 0.25) is 0 Å². The molecule has 2 N–H and O–H groups in total. The molecule has 1 aliphatic rings. The van der Waals surface area contributed by atoms with Crippen molar-refractivity contribution < 1.29 is 9.90 Å². The Hall–Kier alpha value is -1.42. The van der Waals surface area contributed by atoms with Gasteiger partial charge in [-0.15, -0.1) is 0 Å². The van der Waals surface area contributed by atoms with Crippen LogP contribution in [0.1, 0.15) is 24.8 Å². The van der Waals surface area contributed by atoms with E-state index in [9.17, 15) is 4.79 Å². The van der Waals surface area contributed by atoms with Crippen LogP contribution in [0.5, 0.6) is 0 Å². The number of hydrogen-bond acceptors (Lipinski definition) is 3. The van der Waals surface area contributed by atoms with E-state index in [4.69, 9.17) is 5.11 Å². The number of nitrogens with zero attached hydrogens (tertiary/aromatic N) is 1. The first-order valence-electron chi connectivity index (χ1n) is 5.60. The summed E-state index contributed by atoms with van der Waals surface area (Å²) in [5.74, 6) is 0.0563. The van der Waals surface area contributed by atoms with Gasteiger partial charge in [-0.3, -0.25) is 9.78 Å². The minimum atomic E-state index is -0.219. The van der Waals surface area contributed by atoms with Crippen LogP contribution in [-0.4, -0.2) is 28.1 Å². The predicted molar refractivity (Wildman–Crippen MR) is 59.7 cm³/mol. The molecule has 1 aliphatic carbocycles. The summed E-state index contributed by atoms with van der Waals surface area (Å²) in [6.45, 7) is 0. The first-order chi connectivity index (χ1) is 7.74. The van der Waals surface area contributed by atoms with E-state index in [1.807, 2.05) is 12.1 Å². The highest BCUT2D eigenvalue weighted by atomic mass is 16.3. The Morgan fingerprint density at radius 2 is 2.38 bits per heavy atom.